The van der Waals surface area contributed by atoms with Crippen LogP contribution in [-0.2, 0) is 4.74 Å². The first kappa shape index (κ1) is 11.4. The van der Waals surface area contributed by atoms with E-state index in [9.17, 15) is 0 Å². The van der Waals surface area contributed by atoms with Gasteiger partial charge in [0.25, 0.3) is 0 Å². The van der Waals surface area contributed by atoms with Gasteiger partial charge >= 0.3 is 0 Å². The summed E-state index contributed by atoms with van der Waals surface area (Å²) < 4.78 is 6.92. The van der Waals surface area contributed by atoms with E-state index in [2.05, 4.69) is 32.3 Å². The molecule has 2 aromatic heterocycles. The van der Waals surface area contributed by atoms with Gasteiger partial charge in [-0.15, -0.1) is 21.5 Å². The second-order valence-electron chi connectivity index (χ2n) is 3.86. The Bertz CT molecular complexity index is 515. The lowest BCUT2D eigenvalue weighted by atomic mass is 10.4. The largest absolute Gasteiger partial charge is 0.378 e. The number of ether oxygens (including phenoxy) is 1. The molecule has 0 unspecified atom stereocenters. The van der Waals surface area contributed by atoms with Gasteiger partial charge < -0.3 is 9.64 Å². The van der Waals surface area contributed by atoms with Crippen LogP contribution < -0.4 is 4.90 Å². The standard InChI is InChI=1S/C11H13N5OS/c1-2-11(15-3-5-17-6-4-15)18-10(1)7-14-16-8-12-13-9-16/h1-2,7-9H,3-6H2. The number of aromatic nitrogens is 3. The third kappa shape index (κ3) is 2.57. The minimum absolute atomic E-state index is 0.808. The van der Waals surface area contributed by atoms with Crippen LogP contribution >= 0.6 is 11.3 Å². The van der Waals surface area contributed by atoms with E-state index >= 15 is 0 Å². The summed E-state index contributed by atoms with van der Waals surface area (Å²) >= 11 is 1.73. The van der Waals surface area contributed by atoms with Crippen LogP contribution in [0.25, 0.3) is 0 Å². The highest BCUT2D eigenvalue weighted by atomic mass is 32.1. The normalized spacial score (nSPS) is 16.6. The van der Waals surface area contributed by atoms with Gasteiger partial charge in [-0.05, 0) is 12.1 Å². The van der Waals surface area contributed by atoms with E-state index in [4.69, 9.17) is 4.74 Å². The van der Waals surface area contributed by atoms with Gasteiger partial charge in [0.15, 0.2) is 0 Å². The van der Waals surface area contributed by atoms with Gasteiger partial charge in [0.05, 0.1) is 24.4 Å². The van der Waals surface area contributed by atoms with Crippen molar-refractivity contribution in [3.63, 3.8) is 0 Å². The number of nitrogens with zero attached hydrogens (tertiary/aromatic N) is 5. The van der Waals surface area contributed by atoms with Crippen molar-refractivity contribution in [2.45, 2.75) is 0 Å². The Hall–Kier alpha value is -1.73. The highest BCUT2D eigenvalue weighted by Gasteiger charge is 2.12. The molecule has 0 bridgehead atoms. The van der Waals surface area contributed by atoms with Crippen LogP contribution in [0.3, 0.4) is 0 Å². The molecule has 2 aromatic rings. The van der Waals surface area contributed by atoms with Crippen LogP contribution in [0.1, 0.15) is 4.88 Å². The van der Waals surface area contributed by atoms with Crippen molar-refractivity contribution in [3.8, 4) is 0 Å². The summed E-state index contributed by atoms with van der Waals surface area (Å²) in [6, 6.07) is 4.20. The van der Waals surface area contributed by atoms with E-state index in [0.717, 1.165) is 31.2 Å². The summed E-state index contributed by atoms with van der Waals surface area (Å²) in [6.07, 6.45) is 4.94. The van der Waals surface area contributed by atoms with Gasteiger partial charge in [0.1, 0.15) is 12.7 Å². The van der Waals surface area contributed by atoms with E-state index in [1.807, 2.05) is 6.21 Å². The first-order valence-electron chi connectivity index (χ1n) is 5.73. The van der Waals surface area contributed by atoms with Crippen molar-refractivity contribution in [3.05, 3.63) is 29.7 Å². The van der Waals surface area contributed by atoms with E-state index < -0.39 is 0 Å². The van der Waals surface area contributed by atoms with Crippen molar-refractivity contribution in [1.82, 2.24) is 14.9 Å². The molecule has 0 radical (unpaired) electrons. The van der Waals surface area contributed by atoms with Crippen molar-refractivity contribution >= 4 is 22.6 Å². The average Bonchev–Trinajstić information content (AvgIpc) is 3.09. The lowest BCUT2D eigenvalue weighted by Gasteiger charge is -2.27. The van der Waals surface area contributed by atoms with Gasteiger partial charge in [-0.1, -0.05) is 0 Å². The summed E-state index contributed by atoms with van der Waals surface area (Å²) in [5, 5.41) is 12.9. The first-order chi connectivity index (χ1) is 8.92. The maximum absolute atomic E-state index is 5.34. The van der Waals surface area contributed by atoms with Gasteiger partial charge in [0.2, 0.25) is 0 Å². The molecule has 0 amide bonds. The summed E-state index contributed by atoms with van der Waals surface area (Å²) in [6.45, 7) is 3.54. The maximum atomic E-state index is 5.34. The van der Waals surface area contributed by atoms with E-state index in [-0.39, 0.29) is 0 Å². The Labute approximate surface area is 109 Å². The molecule has 0 atom stereocenters. The SMILES string of the molecule is C(=Nn1cnnc1)c1ccc(N2CCOCC2)s1. The Kier molecular flexibility index (Phi) is 3.33. The monoisotopic (exact) mass is 263 g/mol. The first-order valence-corrected chi connectivity index (χ1v) is 6.55. The molecular weight excluding hydrogens is 250 g/mol. The molecule has 0 spiro atoms. The van der Waals surface area contributed by atoms with Gasteiger partial charge in [-0.3, -0.25) is 0 Å². The summed E-state index contributed by atoms with van der Waals surface area (Å²) in [5.74, 6) is 0. The van der Waals surface area contributed by atoms with Crippen molar-refractivity contribution in [1.29, 1.82) is 0 Å². The number of hydrogen-bond donors (Lipinski definition) is 0. The van der Waals surface area contributed by atoms with Crippen LogP contribution in [-0.4, -0.2) is 47.4 Å². The Morgan fingerprint density at radius 3 is 2.78 bits per heavy atom. The molecule has 0 aliphatic carbocycles. The predicted molar refractivity (Wildman–Crippen MR) is 70.4 cm³/mol. The predicted octanol–water partition coefficient (Wildman–Crippen LogP) is 1.06. The molecule has 1 saturated heterocycles. The van der Waals surface area contributed by atoms with Crippen LogP contribution in [0.15, 0.2) is 29.9 Å². The average molecular weight is 263 g/mol. The molecule has 3 heterocycles. The minimum Gasteiger partial charge on any atom is -0.378 e. The number of morpholine rings is 1. The number of hydrogen-bond acceptors (Lipinski definition) is 6. The second kappa shape index (κ2) is 5.28. The molecule has 0 aromatic carbocycles. The fourth-order valence-corrected chi connectivity index (χ4v) is 2.67. The highest BCUT2D eigenvalue weighted by molar-refractivity contribution is 7.17. The third-order valence-corrected chi connectivity index (χ3v) is 3.74. The molecule has 1 fully saturated rings. The number of thiophene rings is 1. The zero-order chi connectivity index (χ0) is 12.2. The fourth-order valence-electron chi connectivity index (χ4n) is 1.74. The quantitative estimate of drug-likeness (QED) is 0.777. The second-order valence-corrected chi connectivity index (χ2v) is 4.96. The molecule has 18 heavy (non-hydrogen) atoms. The zero-order valence-corrected chi connectivity index (χ0v) is 10.6. The molecule has 1 aliphatic rings. The van der Waals surface area contributed by atoms with Crippen molar-refractivity contribution in [2.24, 2.45) is 5.10 Å². The Morgan fingerprint density at radius 2 is 2.00 bits per heavy atom. The van der Waals surface area contributed by atoms with E-state index in [0.29, 0.717) is 0 Å². The number of rotatable bonds is 3. The van der Waals surface area contributed by atoms with Crippen molar-refractivity contribution < 1.29 is 4.74 Å². The maximum Gasteiger partial charge on any atom is 0.141 e. The van der Waals surface area contributed by atoms with E-state index in [1.165, 1.54) is 5.00 Å². The topological polar surface area (TPSA) is 55.5 Å². The van der Waals surface area contributed by atoms with Gasteiger partial charge in [-0.2, -0.15) is 5.10 Å². The molecular formula is C11H13N5OS. The fraction of sp³-hybridized carbons (Fsp3) is 0.364. The third-order valence-electron chi connectivity index (χ3n) is 2.66. The molecule has 0 N–H and O–H groups in total. The lowest BCUT2D eigenvalue weighted by molar-refractivity contribution is 0.123. The van der Waals surface area contributed by atoms with Crippen molar-refractivity contribution in [2.75, 3.05) is 31.2 Å². The van der Waals surface area contributed by atoms with Crippen LogP contribution in [0.5, 0.6) is 0 Å². The van der Waals surface area contributed by atoms with E-state index in [1.54, 1.807) is 28.7 Å². The molecule has 7 heteroatoms. The molecule has 3 rings (SSSR count). The zero-order valence-electron chi connectivity index (χ0n) is 9.77. The molecule has 0 saturated carbocycles. The van der Waals surface area contributed by atoms with Crippen LogP contribution in [0.2, 0.25) is 0 Å². The Balaban J connectivity index is 1.69. The van der Waals surface area contributed by atoms with Gasteiger partial charge in [-0.25, -0.2) is 4.68 Å². The number of anilines is 1. The van der Waals surface area contributed by atoms with Crippen LogP contribution in [0.4, 0.5) is 5.00 Å². The minimum atomic E-state index is 0.808. The highest BCUT2D eigenvalue weighted by Crippen LogP contribution is 2.25. The van der Waals surface area contributed by atoms with Crippen LogP contribution in [0, 0.1) is 0 Å². The molecule has 1 aliphatic heterocycles. The summed E-state index contributed by atoms with van der Waals surface area (Å²) in [4.78, 5) is 3.45. The summed E-state index contributed by atoms with van der Waals surface area (Å²) in [5.41, 5.74) is 0. The Morgan fingerprint density at radius 1 is 1.22 bits per heavy atom. The lowest BCUT2D eigenvalue weighted by Crippen LogP contribution is -2.35. The smallest absolute Gasteiger partial charge is 0.141 e. The summed E-state index contributed by atoms with van der Waals surface area (Å²) in [7, 11) is 0. The molecule has 6 nitrogen and oxygen atoms in total. The molecule has 94 valence electrons. The van der Waals surface area contributed by atoms with Gasteiger partial charge in [0, 0.05) is 18.0 Å².